The van der Waals surface area contributed by atoms with E-state index in [-0.39, 0.29) is 44.3 Å². The standard InChI is InChI=1S/C8H19OP.C6H6.2ClH.Ru/c1-7(2)5-10(9)6-8(3)4;1-2-4-6-5-3-1;;;/h7-9H,5-6H2,1-4H3;1-6H;2*1H;. The number of hydrogen-bond acceptors (Lipinski definition) is 1. The molecule has 1 nitrogen and oxygen atoms in total. The molecule has 0 spiro atoms. The van der Waals surface area contributed by atoms with Gasteiger partial charge in [0.05, 0.1) is 0 Å². The maximum absolute atomic E-state index is 9.45. The molecule has 0 unspecified atom stereocenters. The van der Waals surface area contributed by atoms with Crippen molar-refractivity contribution >= 4 is 33.0 Å². The first-order chi connectivity index (χ1) is 7.52. The van der Waals surface area contributed by atoms with Crippen molar-refractivity contribution in [2.45, 2.75) is 27.7 Å². The summed E-state index contributed by atoms with van der Waals surface area (Å²) in [7, 11) is -0.659. The van der Waals surface area contributed by atoms with Crippen LogP contribution in [0.15, 0.2) is 36.4 Å². The molecule has 116 valence electrons. The Morgan fingerprint density at radius 1 is 0.737 bits per heavy atom. The fraction of sp³-hybridized carbons (Fsp3) is 0.571. The van der Waals surface area contributed by atoms with Gasteiger partial charge in [0.15, 0.2) is 0 Å². The third kappa shape index (κ3) is 24.2. The van der Waals surface area contributed by atoms with Crippen molar-refractivity contribution in [2.75, 3.05) is 12.3 Å². The van der Waals surface area contributed by atoms with Crippen LogP contribution in [0.1, 0.15) is 27.7 Å². The molecule has 0 heterocycles. The van der Waals surface area contributed by atoms with Crippen LogP contribution in [-0.2, 0) is 19.5 Å². The summed E-state index contributed by atoms with van der Waals surface area (Å²) in [5.74, 6) is 1.30. The quantitative estimate of drug-likeness (QED) is 0.530. The molecule has 5 heteroatoms. The van der Waals surface area contributed by atoms with Crippen LogP contribution in [0, 0.1) is 11.8 Å². The van der Waals surface area contributed by atoms with E-state index in [1.165, 1.54) is 0 Å². The van der Waals surface area contributed by atoms with Gasteiger partial charge in [0.2, 0.25) is 0 Å². The van der Waals surface area contributed by atoms with Crippen LogP contribution in [0.2, 0.25) is 0 Å². The molecule has 19 heavy (non-hydrogen) atoms. The molecule has 1 aromatic rings. The molecule has 0 amide bonds. The van der Waals surface area contributed by atoms with Crippen LogP contribution in [0.25, 0.3) is 0 Å². The van der Waals surface area contributed by atoms with E-state index in [1.54, 1.807) is 0 Å². The van der Waals surface area contributed by atoms with Crippen molar-refractivity contribution in [1.29, 1.82) is 0 Å². The molecule has 0 bridgehead atoms. The summed E-state index contributed by atoms with van der Waals surface area (Å²) in [6.45, 7) is 8.63. The summed E-state index contributed by atoms with van der Waals surface area (Å²) in [6, 6.07) is 12.0. The van der Waals surface area contributed by atoms with Crippen molar-refractivity contribution < 1.29 is 24.4 Å². The van der Waals surface area contributed by atoms with Crippen LogP contribution < -0.4 is 0 Å². The molecule has 0 fully saturated rings. The summed E-state index contributed by atoms with van der Waals surface area (Å²) in [6.07, 6.45) is 2.01. The Labute approximate surface area is 145 Å². The molecule has 0 aliphatic heterocycles. The predicted molar refractivity (Wildman–Crippen MR) is 89.5 cm³/mol. The Hall–Kier alpha value is 0.813. The summed E-state index contributed by atoms with van der Waals surface area (Å²) in [5.41, 5.74) is 0. The third-order valence-electron chi connectivity index (χ3n) is 1.82. The Balaban J connectivity index is -0.000000110. The van der Waals surface area contributed by atoms with Gasteiger partial charge < -0.3 is 4.89 Å². The van der Waals surface area contributed by atoms with E-state index in [9.17, 15) is 4.89 Å². The van der Waals surface area contributed by atoms with Crippen molar-refractivity contribution in [3.05, 3.63) is 36.4 Å². The van der Waals surface area contributed by atoms with Gasteiger partial charge in [-0.3, -0.25) is 0 Å². The molecule has 1 aromatic carbocycles. The van der Waals surface area contributed by atoms with Crippen LogP contribution in [-0.4, -0.2) is 17.2 Å². The minimum Gasteiger partial charge on any atom is -0.374 e. The maximum Gasteiger partial charge on any atom is 0.0256 e. The topological polar surface area (TPSA) is 20.2 Å². The largest absolute Gasteiger partial charge is 0.374 e. The number of hydrogen-bond donors (Lipinski definition) is 1. The first-order valence-electron chi connectivity index (χ1n) is 5.96. The molecular formula is C14H27Cl2OPRu. The fourth-order valence-electron chi connectivity index (χ4n) is 1.30. The van der Waals surface area contributed by atoms with Crippen LogP contribution >= 0.6 is 33.0 Å². The number of rotatable bonds is 4. The van der Waals surface area contributed by atoms with Crippen molar-refractivity contribution in [3.8, 4) is 0 Å². The van der Waals surface area contributed by atoms with E-state index in [2.05, 4.69) is 27.7 Å². The average molecular weight is 414 g/mol. The van der Waals surface area contributed by atoms with Crippen molar-refractivity contribution in [2.24, 2.45) is 11.8 Å². The normalized spacial score (nSPS) is 8.84. The van der Waals surface area contributed by atoms with E-state index < -0.39 is 8.15 Å². The Kier molecular flexibility index (Phi) is 27.8. The van der Waals surface area contributed by atoms with Gasteiger partial charge >= 0.3 is 0 Å². The van der Waals surface area contributed by atoms with E-state index >= 15 is 0 Å². The predicted octanol–water partition coefficient (Wildman–Crippen LogP) is 5.22. The summed E-state index contributed by atoms with van der Waals surface area (Å²) < 4.78 is 0. The molecule has 1 N–H and O–H groups in total. The monoisotopic (exact) mass is 414 g/mol. The Morgan fingerprint density at radius 3 is 1.11 bits per heavy atom. The van der Waals surface area contributed by atoms with Crippen molar-refractivity contribution in [1.82, 2.24) is 0 Å². The van der Waals surface area contributed by atoms with E-state index in [4.69, 9.17) is 0 Å². The SMILES string of the molecule is CC(C)CP(O)CC(C)C.Cl.Cl.[Ru].c1ccccc1. The number of benzene rings is 1. The number of halogens is 2. The summed E-state index contributed by atoms with van der Waals surface area (Å²) >= 11 is 0. The smallest absolute Gasteiger partial charge is 0.0256 e. The molecule has 0 radical (unpaired) electrons. The first kappa shape index (κ1) is 28.0. The minimum absolute atomic E-state index is 0. The fourth-order valence-corrected chi connectivity index (χ4v) is 3.14. The molecule has 0 aliphatic rings. The van der Waals surface area contributed by atoms with Crippen LogP contribution in [0.5, 0.6) is 0 Å². The van der Waals surface area contributed by atoms with Gasteiger partial charge in [0, 0.05) is 27.6 Å². The van der Waals surface area contributed by atoms with E-state index in [0.717, 1.165) is 12.3 Å². The molecule has 0 atom stereocenters. The van der Waals surface area contributed by atoms with E-state index in [0.29, 0.717) is 11.8 Å². The second kappa shape index (κ2) is 18.8. The van der Waals surface area contributed by atoms with Gasteiger partial charge in [-0.25, -0.2) is 0 Å². The second-order valence-corrected chi connectivity index (χ2v) is 6.56. The second-order valence-electron chi connectivity index (χ2n) is 4.81. The third-order valence-corrected chi connectivity index (χ3v) is 4.12. The maximum atomic E-state index is 9.45. The molecular weight excluding hydrogens is 387 g/mol. The summed E-state index contributed by atoms with van der Waals surface area (Å²) in [5, 5.41) is 0. The van der Waals surface area contributed by atoms with Gasteiger partial charge in [-0.05, 0) is 24.2 Å². The average Bonchev–Trinajstić information content (AvgIpc) is 2.18. The molecule has 0 saturated carbocycles. The minimum atomic E-state index is -0.659. The summed E-state index contributed by atoms with van der Waals surface area (Å²) in [4.78, 5) is 9.45. The van der Waals surface area contributed by atoms with Crippen LogP contribution in [0.4, 0.5) is 0 Å². The first-order valence-corrected chi connectivity index (χ1v) is 7.62. The zero-order valence-electron chi connectivity index (χ0n) is 12.1. The van der Waals surface area contributed by atoms with Crippen LogP contribution in [0.3, 0.4) is 0 Å². The van der Waals surface area contributed by atoms with E-state index in [1.807, 2.05) is 36.4 Å². The van der Waals surface area contributed by atoms with Gasteiger partial charge in [0.25, 0.3) is 0 Å². The zero-order chi connectivity index (χ0) is 12.4. The zero-order valence-corrected chi connectivity index (χ0v) is 16.4. The Morgan fingerprint density at radius 2 is 0.947 bits per heavy atom. The van der Waals surface area contributed by atoms with Gasteiger partial charge in [-0.2, -0.15) is 0 Å². The van der Waals surface area contributed by atoms with Gasteiger partial charge in [-0.15, -0.1) is 24.8 Å². The molecule has 0 saturated heterocycles. The molecule has 0 aromatic heterocycles. The molecule has 1 rings (SSSR count). The Bertz CT molecular complexity index is 212. The molecule has 0 aliphatic carbocycles. The van der Waals surface area contributed by atoms with Gasteiger partial charge in [0.1, 0.15) is 0 Å². The van der Waals surface area contributed by atoms with Crippen molar-refractivity contribution in [3.63, 3.8) is 0 Å². The van der Waals surface area contributed by atoms with Gasteiger partial charge in [-0.1, -0.05) is 64.1 Å².